The fourth-order valence-corrected chi connectivity index (χ4v) is 6.13. The largest absolute Gasteiger partial charge is 0.268 e. The second-order valence-corrected chi connectivity index (χ2v) is 10.5. The zero-order chi connectivity index (χ0) is 21.8. The Morgan fingerprint density at radius 3 is 2.19 bits per heavy atom. The minimum absolute atomic E-state index is 0.00402. The summed E-state index contributed by atoms with van der Waals surface area (Å²) in [5.41, 5.74) is 6.64. The molecule has 0 radical (unpaired) electrons. The number of imidazole rings is 1. The van der Waals surface area contributed by atoms with Crippen molar-refractivity contribution in [3.8, 4) is 5.69 Å². The predicted molar refractivity (Wildman–Crippen MR) is 129 cm³/mol. The summed E-state index contributed by atoms with van der Waals surface area (Å²) >= 11 is 0. The monoisotopic (exact) mass is 411 g/mol. The first-order valence-corrected chi connectivity index (χ1v) is 11.8. The number of rotatable bonds is 3. The zero-order valence-corrected chi connectivity index (χ0v) is 19.7. The van der Waals surface area contributed by atoms with E-state index in [2.05, 4.69) is 111 Å². The summed E-state index contributed by atoms with van der Waals surface area (Å²) in [4.78, 5) is 0. The van der Waals surface area contributed by atoms with E-state index < -0.39 is 0 Å². The molecule has 2 heteroatoms. The molecule has 3 aromatic rings. The second-order valence-electron chi connectivity index (χ2n) is 10.5. The smallest absolute Gasteiger partial charge is 0.213 e. The van der Waals surface area contributed by atoms with Crippen LogP contribution in [0.2, 0.25) is 0 Å². The Kier molecular flexibility index (Phi) is 4.73. The second kappa shape index (κ2) is 7.22. The molecule has 0 N–H and O–H groups in total. The lowest BCUT2D eigenvalue weighted by Gasteiger charge is -2.35. The standard InChI is InChI=1S/C29H35N2/c1-21-13-9-12-18-25(21)30-22(2)26-19-20-29(24-16-10-11-17-24,23-14-7-6-8-15-23)31(26)27(30)28(3,4)5/h6-9,12-15,18-20,24H,10-11,16-17H2,1-5H3/q+1. The maximum Gasteiger partial charge on any atom is 0.268 e. The third-order valence-electron chi connectivity index (χ3n) is 7.48. The van der Waals surface area contributed by atoms with Crippen molar-refractivity contribution in [3.05, 3.63) is 89.0 Å². The van der Waals surface area contributed by atoms with E-state index in [9.17, 15) is 0 Å². The van der Waals surface area contributed by atoms with Gasteiger partial charge in [0.15, 0.2) is 16.9 Å². The van der Waals surface area contributed by atoms with Crippen LogP contribution in [-0.4, -0.2) is 4.57 Å². The average Bonchev–Trinajstić information content (AvgIpc) is 3.46. The van der Waals surface area contributed by atoms with Gasteiger partial charge in [-0.25, -0.2) is 4.57 Å². The fourth-order valence-electron chi connectivity index (χ4n) is 6.13. The number of fused-ring (bicyclic) bond motifs is 1. The molecule has 1 saturated carbocycles. The maximum atomic E-state index is 2.72. The molecule has 1 atom stereocenters. The molecule has 2 aromatic carbocycles. The molecule has 31 heavy (non-hydrogen) atoms. The first-order valence-electron chi connectivity index (χ1n) is 11.8. The van der Waals surface area contributed by atoms with Crippen LogP contribution in [0.1, 0.15) is 74.8 Å². The van der Waals surface area contributed by atoms with Crippen LogP contribution in [-0.2, 0) is 11.0 Å². The van der Waals surface area contributed by atoms with Crippen molar-refractivity contribution in [2.45, 2.75) is 71.3 Å². The number of hydrogen-bond donors (Lipinski definition) is 0. The van der Waals surface area contributed by atoms with E-state index in [0.717, 1.165) is 0 Å². The van der Waals surface area contributed by atoms with E-state index >= 15 is 0 Å². The lowest BCUT2D eigenvalue weighted by atomic mass is 9.76. The van der Waals surface area contributed by atoms with Crippen molar-refractivity contribution in [1.82, 2.24) is 4.57 Å². The molecular weight excluding hydrogens is 376 g/mol. The normalized spacial score (nSPS) is 21.1. The molecule has 1 aliphatic heterocycles. The molecule has 2 aliphatic rings. The van der Waals surface area contributed by atoms with Crippen molar-refractivity contribution in [2.75, 3.05) is 0 Å². The lowest BCUT2D eigenvalue weighted by molar-refractivity contribution is -0.755. The first-order chi connectivity index (χ1) is 14.9. The van der Waals surface area contributed by atoms with Crippen LogP contribution in [0.3, 0.4) is 0 Å². The summed E-state index contributed by atoms with van der Waals surface area (Å²) in [7, 11) is 0. The molecular formula is C29H35N2+. The van der Waals surface area contributed by atoms with Gasteiger partial charge in [0, 0.05) is 18.4 Å². The Labute approximate surface area is 187 Å². The molecule has 1 fully saturated rings. The van der Waals surface area contributed by atoms with Crippen LogP contribution in [0, 0.1) is 19.8 Å². The molecule has 0 saturated heterocycles. The number of hydrogen-bond acceptors (Lipinski definition) is 0. The lowest BCUT2D eigenvalue weighted by Crippen LogP contribution is -2.62. The Hall–Kier alpha value is -2.61. The van der Waals surface area contributed by atoms with E-state index in [1.165, 1.54) is 59.7 Å². The highest BCUT2D eigenvalue weighted by Gasteiger charge is 2.54. The number of nitrogens with zero attached hydrogens (tertiary/aromatic N) is 2. The minimum Gasteiger partial charge on any atom is -0.213 e. The molecule has 1 aromatic heterocycles. The summed E-state index contributed by atoms with van der Waals surface area (Å²) in [5.74, 6) is 2.03. The van der Waals surface area contributed by atoms with Gasteiger partial charge in [-0.05, 0) is 64.3 Å². The topological polar surface area (TPSA) is 8.81 Å². The number of aryl methyl sites for hydroxylation is 1. The first kappa shape index (κ1) is 20.3. The van der Waals surface area contributed by atoms with Crippen LogP contribution in [0.4, 0.5) is 0 Å². The van der Waals surface area contributed by atoms with E-state index in [4.69, 9.17) is 0 Å². The average molecular weight is 412 g/mol. The molecule has 0 amide bonds. The molecule has 1 unspecified atom stereocenters. The molecule has 5 rings (SSSR count). The van der Waals surface area contributed by atoms with Gasteiger partial charge in [0.1, 0.15) is 5.69 Å². The predicted octanol–water partition coefficient (Wildman–Crippen LogP) is 6.64. The van der Waals surface area contributed by atoms with Crippen LogP contribution < -0.4 is 4.57 Å². The van der Waals surface area contributed by atoms with Gasteiger partial charge in [0.2, 0.25) is 0 Å². The number of allylic oxidation sites excluding steroid dienone is 1. The molecule has 2 heterocycles. The molecule has 0 spiro atoms. The van der Waals surface area contributed by atoms with Crippen molar-refractivity contribution in [2.24, 2.45) is 5.92 Å². The van der Waals surface area contributed by atoms with E-state index in [1.807, 2.05) is 0 Å². The van der Waals surface area contributed by atoms with Gasteiger partial charge in [0.25, 0.3) is 5.82 Å². The summed E-state index contributed by atoms with van der Waals surface area (Å²) in [6, 6.07) is 20.1. The van der Waals surface area contributed by atoms with Gasteiger partial charge in [-0.15, -0.1) is 0 Å². The van der Waals surface area contributed by atoms with Crippen molar-refractivity contribution in [1.29, 1.82) is 0 Å². The summed E-state index contributed by atoms with van der Waals surface area (Å²) in [6.07, 6.45) is 10.2. The highest BCUT2D eigenvalue weighted by molar-refractivity contribution is 5.56. The van der Waals surface area contributed by atoms with Crippen LogP contribution in [0.25, 0.3) is 11.8 Å². The van der Waals surface area contributed by atoms with E-state index in [-0.39, 0.29) is 11.0 Å². The third kappa shape index (κ3) is 2.95. The quantitative estimate of drug-likeness (QED) is 0.427. The number of para-hydroxylation sites is 1. The van der Waals surface area contributed by atoms with Gasteiger partial charge in [0.05, 0.1) is 5.41 Å². The van der Waals surface area contributed by atoms with E-state index in [1.54, 1.807) is 0 Å². The Morgan fingerprint density at radius 1 is 0.903 bits per heavy atom. The van der Waals surface area contributed by atoms with Gasteiger partial charge >= 0.3 is 0 Å². The number of aromatic nitrogens is 2. The summed E-state index contributed by atoms with van der Waals surface area (Å²) in [5, 5.41) is 0. The highest BCUT2D eigenvalue weighted by Crippen LogP contribution is 2.46. The summed E-state index contributed by atoms with van der Waals surface area (Å²) in [6.45, 7) is 11.6. The van der Waals surface area contributed by atoms with Gasteiger partial charge in [-0.1, -0.05) is 61.4 Å². The van der Waals surface area contributed by atoms with E-state index in [0.29, 0.717) is 5.92 Å². The molecule has 2 nitrogen and oxygen atoms in total. The van der Waals surface area contributed by atoms with Crippen LogP contribution >= 0.6 is 0 Å². The minimum atomic E-state index is -0.103. The Bertz CT molecular complexity index is 1140. The SMILES string of the molecule is Cc1ccccc1-n1c(C)c2[n+](c1C(C)(C)C)C(c1ccccc1)(C1CCCC1)C=C2. The van der Waals surface area contributed by atoms with Gasteiger partial charge in [-0.3, -0.25) is 0 Å². The Morgan fingerprint density at radius 2 is 1.55 bits per heavy atom. The molecule has 0 bridgehead atoms. The number of benzene rings is 2. The van der Waals surface area contributed by atoms with Gasteiger partial charge in [-0.2, -0.15) is 4.57 Å². The van der Waals surface area contributed by atoms with Crippen LogP contribution in [0.15, 0.2) is 60.7 Å². The zero-order valence-electron chi connectivity index (χ0n) is 19.7. The molecule has 1 aliphatic carbocycles. The third-order valence-corrected chi connectivity index (χ3v) is 7.48. The molecule has 160 valence electrons. The summed E-state index contributed by atoms with van der Waals surface area (Å²) < 4.78 is 5.26. The van der Waals surface area contributed by atoms with Gasteiger partial charge < -0.3 is 0 Å². The maximum absolute atomic E-state index is 2.72. The fraction of sp³-hybridized carbons (Fsp3) is 0.414. The van der Waals surface area contributed by atoms with Crippen molar-refractivity contribution >= 4 is 6.08 Å². The van der Waals surface area contributed by atoms with Crippen LogP contribution in [0.5, 0.6) is 0 Å². The van der Waals surface area contributed by atoms with Crippen molar-refractivity contribution < 1.29 is 4.57 Å². The highest BCUT2D eigenvalue weighted by atomic mass is 15.2. The van der Waals surface area contributed by atoms with Crippen molar-refractivity contribution in [3.63, 3.8) is 0 Å². The Balaban J connectivity index is 1.88.